The Morgan fingerprint density at radius 1 is 1.23 bits per heavy atom. The van der Waals surface area contributed by atoms with Crippen LogP contribution in [0, 0.1) is 12.7 Å². The molecule has 0 unspecified atom stereocenters. The molecule has 1 atom stereocenters. The highest BCUT2D eigenvalue weighted by Gasteiger charge is 2.20. The number of amides is 2. The molecule has 1 heterocycles. The van der Waals surface area contributed by atoms with Gasteiger partial charge in [0.1, 0.15) is 5.82 Å². The van der Waals surface area contributed by atoms with Gasteiger partial charge in [0.05, 0.1) is 17.4 Å². The molecule has 3 rings (SSSR count). The molecule has 162 valence electrons. The number of hydrogen-bond donors (Lipinski definition) is 2. The summed E-state index contributed by atoms with van der Waals surface area (Å²) in [6, 6.07) is 10.5. The molecule has 0 aliphatic heterocycles. The van der Waals surface area contributed by atoms with Crippen LogP contribution in [0.2, 0.25) is 5.02 Å². The van der Waals surface area contributed by atoms with Gasteiger partial charge in [0, 0.05) is 17.8 Å². The second-order valence-corrected chi connectivity index (χ2v) is 8.25. The summed E-state index contributed by atoms with van der Waals surface area (Å²) in [7, 11) is 1.74. The molecule has 3 aromatic rings. The minimum absolute atomic E-state index is 0.0425. The zero-order valence-electron chi connectivity index (χ0n) is 17.1. The smallest absolute Gasteiger partial charge is 0.254 e. The molecule has 31 heavy (non-hydrogen) atoms. The average Bonchev–Trinajstić information content (AvgIpc) is 3.10. The first-order valence-corrected chi connectivity index (χ1v) is 10.8. The molecule has 10 heteroatoms. The van der Waals surface area contributed by atoms with Crippen LogP contribution in [0.25, 0.3) is 0 Å². The number of nitrogens with zero attached hydrogens (tertiary/aromatic N) is 3. The van der Waals surface area contributed by atoms with E-state index >= 15 is 0 Å². The molecule has 7 nitrogen and oxygen atoms in total. The molecule has 0 spiro atoms. The summed E-state index contributed by atoms with van der Waals surface area (Å²) in [5, 5.41) is 14.8. The average molecular weight is 462 g/mol. The highest BCUT2D eigenvalue weighted by atomic mass is 35.5. The third-order valence-corrected chi connectivity index (χ3v) is 5.78. The lowest BCUT2D eigenvalue weighted by Crippen LogP contribution is -2.29. The molecular weight excluding hydrogens is 441 g/mol. The SMILES string of the molecule is Cc1ccc(Cl)cc1NC(=O)CSc1nnc([C@H](C)NC(=O)c2ccccc2F)n1C. The number of thioether (sulfide) groups is 1. The second kappa shape index (κ2) is 9.93. The molecule has 0 aliphatic rings. The van der Waals surface area contributed by atoms with E-state index in [1.165, 1.54) is 30.0 Å². The first kappa shape index (κ1) is 22.8. The number of halogens is 2. The van der Waals surface area contributed by atoms with Crippen molar-refractivity contribution in [2.75, 3.05) is 11.1 Å². The van der Waals surface area contributed by atoms with Crippen molar-refractivity contribution in [3.05, 3.63) is 70.3 Å². The number of aromatic nitrogens is 3. The van der Waals surface area contributed by atoms with Crippen LogP contribution in [-0.2, 0) is 11.8 Å². The Morgan fingerprint density at radius 3 is 2.71 bits per heavy atom. The number of anilines is 1. The van der Waals surface area contributed by atoms with Crippen molar-refractivity contribution >= 4 is 40.9 Å². The highest BCUT2D eigenvalue weighted by molar-refractivity contribution is 7.99. The summed E-state index contributed by atoms with van der Waals surface area (Å²) in [6.45, 7) is 3.61. The number of hydrogen-bond acceptors (Lipinski definition) is 5. The topological polar surface area (TPSA) is 88.9 Å². The molecule has 1 aromatic heterocycles. The number of carbonyl (C=O) groups is 2. The number of aryl methyl sites for hydroxylation is 1. The molecule has 2 N–H and O–H groups in total. The fourth-order valence-electron chi connectivity index (χ4n) is 2.86. The van der Waals surface area contributed by atoms with Crippen LogP contribution in [0.5, 0.6) is 0 Å². The third-order valence-electron chi connectivity index (χ3n) is 4.53. The Labute approximate surface area is 188 Å². The Balaban J connectivity index is 1.60. The van der Waals surface area contributed by atoms with E-state index in [4.69, 9.17) is 11.6 Å². The maximum absolute atomic E-state index is 13.8. The number of benzene rings is 2. The first-order valence-electron chi connectivity index (χ1n) is 9.39. The van der Waals surface area contributed by atoms with Crippen molar-refractivity contribution in [3.63, 3.8) is 0 Å². The second-order valence-electron chi connectivity index (χ2n) is 6.87. The zero-order chi connectivity index (χ0) is 22.5. The van der Waals surface area contributed by atoms with E-state index < -0.39 is 17.8 Å². The largest absolute Gasteiger partial charge is 0.342 e. The van der Waals surface area contributed by atoms with E-state index in [0.29, 0.717) is 21.7 Å². The van der Waals surface area contributed by atoms with Gasteiger partial charge in [-0.1, -0.05) is 41.6 Å². The predicted octanol–water partition coefficient (Wildman–Crippen LogP) is 4.14. The maximum Gasteiger partial charge on any atom is 0.254 e. The van der Waals surface area contributed by atoms with Gasteiger partial charge in [0.15, 0.2) is 11.0 Å². The van der Waals surface area contributed by atoms with Crippen molar-refractivity contribution in [1.29, 1.82) is 0 Å². The molecular formula is C21H21ClFN5O2S. The van der Waals surface area contributed by atoms with Crippen LogP contribution in [0.4, 0.5) is 10.1 Å². The van der Waals surface area contributed by atoms with Crippen molar-refractivity contribution in [2.45, 2.75) is 25.0 Å². The van der Waals surface area contributed by atoms with Gasteiger partial charge in [0.25, 0.3) is 5.91 Å². The van der Waals surface area contributed by atoms with Gasteiger partial charge in [-0.2, -0.15) is 0 Å². The Morgan fingerprint density at radius 2 is 1.97 bits per heavy atom. The first-order chi connectivity index (χ1) is 14.8. The lowest BCUT2D eigenvalue weighted by atomic mass is 10.2. The van der Waals surface area contributed by atoms with Crippen molar-refractivity contribution < 1.29 is 14.0 Å². The predicted molar refractivity (Wildman–Crippen MR) is 119 cm³/mol. The van der Waals surface area contributed by atoms with Crippen molar-refractivity contribution in [2.24, 2.45) is 7.05 Å². The summed E-state index contributed by atoms with van der Waals surface area (Å²) in [6.07, 6.45) is 0. The van der Waals surface area contributed by atoms with Gasteiger partial charge in [-0.3, -0.25) is 9.59 Å². The van der Waals surface area contributed by atoms with Crippen molar-refractivity contribution in [3.8, 4) is 0 Å². The Kier molecular flexibility index (Phi) is 7.29. The van der Waals surface area contributed by atoms with Gasteiger partial charge in [-0.25, -0.2) is 4.39 Å². The van der Waals surface area contributed by atoms with Crippen molar-refractivity contribution in [1.82, 2.24) is 20.1 Å². The van der Waals surface area contributed by atoms with E-state index in [-0.39, 0.29) is 17.2 Å². The summed E-state index contributed by atoms with van der Waals surface area (Å²) in [5.41, 5.74) is 1.52. The molecule has 0 fully saturated rings. The lowest BCUT2D eigenvalue weighted by molar-refractivity contribution is -0.113. The molecule has 0 aliphatic carbocycles. The summed E-state index contributed by atoms with van der Waals surface area (Å²) in [4.78, 5) is 24.6. The van der Waals surface area contributed by atoms with Gasteiger partial charge in [0.2, 0.25) is 5.91 Å². The fraction of sp³-hybridized carbons (Fsp3) is 0.238. The molecule has 0 saturated heterocycles. The zero-order valence-corrected chi connectivity index (χ0v) is 18.7. The van der Waals surface area contributed by atoms with E-state index in [2.05, 4.69) is 20.8 Å². The maximum atomic E-state index is 13.8. The van der Waals surface area contributed by atoms with Gasteiger partial charge in [-0.15, -0.1) is 10.2 Å². The molecule has 0 bridgehead atoms. The standard InChI is InChI=1S/C21H21ClFN5O2S/c1-12-8-9-14(22)10-17(12)25-18(29)11-31-21-27-26-19(28(21)3)13(2)24-20(30)15-6-4-5-7-16(15)23/h4-10,13H,11H2,1-3H3,(H,24,30)(H,25,29)/t13-/m0/s1. The monoisotopic (exact) mass is 461 g/mol. The minimum Gasteiger partial charge on any atom is -0.342 e. The van der Waals surface area contributed by atoms with Gasteiger partial charge >= 0.3 is 0 Å². The Bertz CT molecular complexity index is 1120. The number of carbonyl (C=O) groups excluding carboxylic acids is 2. The highest BCUT2D eigenvalue weighted by Crippen LogP contribution is 2.22. The van der Waals surface area contributed by atoms with Crippen LogP contribution in [-0.4, -0.2) is 32.3 Å². The van der Waals surface area contributed by atoms with E-state index in [1.54, 1.807) is 36.7 Å². The van der Waals surface area contributed by atoms with Crippen LogP contribution in [0.15, 0.2) is 47.6 Å². The lowest BCUT2D eigenvalue weighted by Gasteiger charge is -2.14. The van der Waals surface area contributed by atoms with E-state index in [0.717, 1.165) is 5.56 Å². The molecule has 0 radical (unpaired) electrons. The van der Waals surface area contributed by atoms with Crippen LogP contribution >= 0.6 is 23.4 Å². The summed E-state index contributed by atoms with van der Waals surface area (Å²) < 4.78 is 15.5. The summed E-state index contributed by atoms with van der Waals surface area (Å²) in [5.74, 6) is -0.742. The van der Waals surface area contributed by atoms with Gasteiger partial charge < -0.3 is 15.2 Å². The fourth-order valence-corrected chi connectivity index (χ4v) is 3.75. The van der Waals surface area contributed by atoms with E-state index in [9.17, 15) is 14.0 Å². The van der Waals surface area contributed by atoms with Gasteiger partial charge in [-0.05, 0) is 43.7 Å². The van der Waals surface area contributed by atoms with Crippen LogP contribution in [0.1, 0.15) is 34.7 Å². The van der Waals surface area contributed by atoms with Crippen LogP contribution < -0.4 is 10.6 Å². The number of rotatable bonds is 7. The summed E-state index contributed by atoms with van der Waals surface area (Å²) >= 11 is 7.19. The van der Waals surface area contributed by atoms with Crippen LogP contribution in [0.3, 0.4) is 0 Å². The molecule has 2 amide bonds. The quantitative estimate of drug-likeness (QED) is 0.516. The molecule has 0 saturated carbocycles. The Hall–Kier alpha value is -2.91. The van der Waals surface area contributed by atoms with E-state index in [1.807, 2.05) is 13.0 Å². The molecule has 2 aromatic carbocycles. The number of nitrogens with one attached hydrogen (secondary N) is 2. The minimum atomic E-state index is -0.595. The normalized spacial score (nSPS) is 11.8. The third kappa shape index (κ3) is 5.62.